The SMILES string of the molecule is Fc1cccnc1.O=[N+]([O-])c1cc([N+](=O)[O-])c(O)c([N+](=O)[O-])c1. The van der Waals surface area contributed by atoms with Crippen LogP contribution < -0.4 is 0 Å². The van der Waals surface area contributed by atoms with Crippen molar-refractivity contribution in [2.45, 2.75) is 0 Å². The van der Waals surface area contributed by atoms with Crippen LogP contribution in [0.4, 0.5) is 21.5 Å². The largest absolute Gasteiger partial charge is 0.497 e. The van der Waals surface area contributed by atoms with Gasteiger partial charge >= 0.3 is 11.4 Å². The molecule has 2 rings (SSSR count). The van der Waals surface area contributed by atoms with Crippen molar-refractivity contribution < 1.29 is 24.3 Å². The van der Waals surface area contributed by atoms with E-state index in [1.165, 1.54) is 18.5 Å². The van der Waals surface area contributed by atoms with Crippen LogP contribution in [0.1, 0.15) is 0 Å². The van der Waals surface area contributed by atoms with Crippen LogP contribution >= 0.6 is 0 Å². The fraction of sp³-hybridized carbons (Fsp3) is 0. The Morgan fingerprint density at radius 2 is 1.52 bits per heavy atom. The number of rotatable bonds is 3. The van der Waals surface area contributed by atoms with Gasteiger partial charge in [-0.1, -0.05) is 0 Å². The van der Waals surface area contributed by atoms with Crippen LogP contribution in [0.2, 0.25) is 0 Å². The molecule has 0 bridgehead atoms. The van der Waals surface area contributed by atoms with Crippen LogP contribution in [-0.4, -0.2) is 24.9 Å². The Morgan fingerprint density at radius 1 is 1.00 bits per heavy atom. The molecule has 11 nitrogen and oxygen atoms in total. The summed E-state index contributed by atoms with van der Waals surface area (Å²) in [7, 11) is 0. The highest BCUT2D eigenvalue weighted by molar-refractivity contribution is 5.64. The molecule has 0 atom stereocenters. The first kappa shape index (κ1) is 17.4. The predicted octanol–water partition coefficient (Wildman–Crippen LogP) is 2.34. The molecular formula is C11H7FN4O7. The molecular weight excluding hydrogens is 319 g/mol. The van der Waals surface area contributed by atoms with Gasteiger partial charge in [0.2, 0.25) is 0 Å². The third-order valence-corrected chi connectivity index (χ3v) is 2.28. The van der Waals surface area contributed by atoms with E-state index in [1.54, 1.807) is 6.07 Å². The molecule has 0 aliphatic heterocycles. The second kappa shape index (κ2) is 7.35. The molecule has 1 aromatic carbocycles. The average Bonchev–Trinajstić information content (AvgIpc) is 2.48. The number of non-ortho nitro benzene ring substituents is 1. The van der Waals surface area contributed by atoms with Crippen molar-refractivity contribution in [3.8, 4) is 5.75 Å². The highest BCUT2D eigenvalue weighted by Crippen LogP contribution is 2.38. The van der Waals surface area contributed by atoms with E-state index in [9.17, 15) is 34.7 Å². The van der Waals surface area contributed by atoms with Gasteiger partial charge in [0.05, 0.1) is 33.1 Å². The number of aromatic hydroxyl groups is 1. The second-order valence-electron chi connectivity index (χ2n) is 3.78. The minimum absolute atomic E-state index is 0.289. The van der Waals surface area contributed by atoms with E-state index in [2.05, 4.69) is 4.98 Å². The number of pyridine rings is 1. The molecule has 0 saturated carbocycles. The lowest BCUT2D eigenvalue weighted by atomic mass is 10.2. The Morgan fingerprint density at radius 3 is 1.78 bits per heavy atom. The molecule has 120 valence electrons. The highest BCUT2D eigenvalue weighted by atomic mass is 19.1. The number of nitro benzene ring substituents is 3. The topological polar surface area (TPSA) is 163 Å². The Balaban J connectivity index is 0.000000313. The minimum atomic E-state index is -1.21. The summed E-state index contributed by atoms with van der Waals surface area (Å²) in [6, 6.07) is 3.80. The molecule has 1 heterocycles. The van der Waals surface area contributed by atoms with Crippen molar-refractivity contribution in [1.82, 2.24) is 4.98 Å². The summed E-state index contributed by atoms with van der Waals surface area (Å²) in [5, 5.41) is 40.2. The molecule has 0 spiro atoms. The van der Waals surface area contributed by atoms with E-state index in [4.69, 9.17) is 5.11 Å². The van der Waals surface area contributed by atoms with Crippen molar-refractivity contribution >= 4 is 17.1 Å². The van der Waals surface area contributed by atoms with Gasteiger partial charge in [-0.2, -0.15) is 0 Å². The van der Waals surface area contributed by atoms with Gasteiger partial charge in [-0.25, -0.2) is 4.39 Å². The average molecular weight is 326 g/mol. The maximum absolute atomic E-state index is 11.8. The van der Waals surface area contributed by atoms with Crippen molar-refractivity contribution in [3.63, 3.8) is 0 Å². The van der Waals surface area contributed by atoms with Crippen LogP contribution in [0, 0.1) is 36.2 Å². The summed E-state index contributed by atoms with van der Waals surface area (Å²) in [6.45, 7) is 0. The molecule has 12 heteroatoms. The van der Waals surface area contributed by atoms with Gasteiger partial charge in [0.15, 0.2) is 0 Å². The number of aromatic nitrogens is 1. The number of nitrogens with zero attached hydrogens (tertiary/aromatic N) is 4. The quantitative estimate of drug-likeness (QED) is 0.663. The number of phenolic OH excluding ortho intramolecular Hbond substituents is 1. The maximum Gasteiger partial charge on any atom is 0.324 e. The van der Waals surface area contributed by atoms with Crippen LogP contribution in [0.25, 0.3) is 0 Å². The van der Waals surface area contributed by atoms with Gasteiger partial charge in [0, 0.05) is 6.20 Å². The van der Waals surface area contributed by atoms with Crippen LogP contribution in [0.3, 0.4) is 0 Å². The number of benzene rings is 1. The summed E-state index contributed by atoms with van der Waals surface area (Å²) in [6.07, 6.45) is 2.70. The van der Waals surface area contributed by atoms with Crippen molar-refractivity contribution in [3.05, 3.63) is 72.8 Å². The summed E-state index contributed by atoms with van der Waals surface area (Å²) >= 11 is 0. The van der Waals surface area contributed by atoms with E-state index in [-0.39, 0.29) is 5.82 Å². The van der Waals surface area contributed by atoms with Crippen LogP contribution in [0.5, 0.6) is 5.75 Å². The van der Waals surface area contributed by atoms with E-state index in [0.29, 0.717) is 12.1 Å². The number of hydrogen-bond acceptors (Lipinski definition) is 8. The number of hydrogen-bond donors (Lipinski definition) is 1. The fourth-order valence-electron chi connectivity index (χ4n) is 1.32. The first-order valence-corrected chi connectivity index (χ1v) is 5.59. The lowest BCUT2D eigenvalue weighted by Gasteiger charge is -1.97. The maximum atomic E-state index is 11.8. The van der Waals surface area contributed by atoms with E-state index in [0.717, 1.165) is 0 Å². The van der Waals surface area contributed by atoms with Crippen LogP contribution in [0.15, 0.2) is 36.7 Å². The fourth-order valence-corrected chi connectivity index (χ4v) is 1.32. The van der Waals surface area contributed by atoms with Gasteiger partial charge in [0.1, 0.15) is 5.82 Å². The van der Waals surface area contributed by atoms with Crippen molar-refractivity contribution in [2.24, 2.45) is 0 Å². The molecule has 23 heavy (non-hydrogen) atoms. The number of halogens is 1. The molecule has 0 fully saturated rings. The molecule has 0 unspecified atom stereocenters. The van der Waals surface area contributed by atoms with Gasteiger partial charge in [0.25, 0.3) is 11.4 Å². The normalized spacial score (nSPS) is 9.43. The summed E-state index contributed by atoms with van der Waals surface area (Å²) in [5.74, 6) is -1.50. The van der Waals surface area contributed by atoms with Gasteiger partial charge in [-0.15, -0.1) is 0 Å². The van der Waals surface area contributed by atoms with Gasteiger partial charge < -0.3 is 5.11 Å². The summed E-state index contributed by atoms with van der Waals surface area (Å²) in [5.41, 5.74) is -3.00. The van der Waals surface area contributed by atoms with Crippen LogP contribution in [-0.2, 0) is 0 Å². The standard InChI is InChI=1S/C6H3N3O7.C5H4FN/c10-6-4(8(13)14)1-3(7(11)12)2-5(6)9(15)16;6-5-2-1-3-7-4-5/h1-2,10H;1-4H. The van der Waals surface area contributed by atoms with E-state index < -0.39 is 37.6 Å². The second-order valence-corrected chi connectivity index (χ2v) is 3.78. The zero-order valence-corrected chi connectivity index (χ0v) is 11.0. The third kappa shape index (κ3) is 4.66. The summed E-state index contributed by atoms with van der Waals surface area (Å²) in [4.78, 5) is 31.3. The molecule has 0 aliphatic rings. The number of nitro groups is 3. The Kier molecular flexibility index (Phi) is 5.54. The van der Waals surface area contributed by atoms with Gasteiger partial charge in [-0.3, -0.25) is 35.3 Å². The zero-order chi connectivity index (χ0) is 17.6. The predicted molar refractivity (Wildman–Crippen MR) is 72.3 cm³/mol. The third-order valence-electron chi connectivity index (χ3n) is 2.28. The zero-order valence-electron chi connectivity index (χ0n) is 11.0. The molecule has 0 aliphatic carbocycles. The van der Waals surface area contributed by atoms with Crippen molar-refractivity contribution in [2.75, 3.05) is 0 Å². The monoisotopic (exact) mass is 326 g/mol. The highest BCUT2D eigenvalue weighted by Gasteiger charge is 2.30. The number of phenols is 1. The first-order valence-electron chi connectivity index (χ1n) is 5.59. The Bertz CT molecular complexity index is 718. The molecule has 2 aromatic rings. The lowest BCUT2D eigenvalue weighted by molar-refractivity contribution is -0.404. The smallest absolute Gasteiger partial charge is 0.324 e. The lowest BCUT2D eigenvalue weighted by Crippen LogP contribution is -1.97. The molecule has 0 saturated heterocycles. The summed E-state index contributed by atoms with van der Waals surface area (Å²) < 4.78 is 11.8. The minimum Gasteiger partial charge on any atom is -0.497 e. The molecule has 1 aromatic heterocycles. The molecule has 1 N–H and O–H groups in total. The Labute approximate surface area is 126 Å². The van der Waals surface area contributed by atoms with E-state index >= 15 is 0 Å². The van der Waals surface area contributed by atoms with Gasteiger partial charge in [-0.05, 0) is 12.1 Å². The Hall–Kier alpha value is -3.70. The molecule has 0 radical (unpaired) electrons. The van der Waals surface area contributed by atoms with Crippen molar-refractivity contribution in [1.29, 1.82) is 0 Å². The molecule has 0 amide bonds. The van der Waals surface area contributed by atoms with E-state index in [1.807, 2.05) is 0 Å². The first-order chi connectivity index (χ1) is 10.7.